The molecule has 38 heavy (non-hydrogen) atoms. The lowest BCUT2D eigenvalue weighted by molar-refractivity contribution is -0.179. The molecule has 0 radical (unpaired) electrons. The average molecular weight is 532 g/mol. The van der Waals surface area contributed by atoms with Crippen LogP contribution in [0.5, 0.6) is 11.5 Å². The van der Waals surface area contributed by atoms with Crippen molar-refractivity contribution in [2.45, 2.75) is 81.1 Å². The summed E-state index contributed by atoms with van der Waals surface area (Å²) in [5.74, 6) is -0.163. The van der Waals surface area contributed by atoms with Gasteiger partial charge in [-0.1, -0.05) is 0 Å². The lowest BCUT2D eigenvalue weighted by Gasteiger charge is -2.39. The molecule has 1 aromatic carbocycles. The number of carbonyl (C=O) groups is 2. The second-order valence-electron chi connectivity index (χ2n) is 11.4. The van der Waals surface area contributed by atoms with Gasteiger partial charge in [0.2, 0.25) is 6.79 Å². The predicted molar refractivity (Wildman–Crippen MR) is 135 cm³/mol. The number of carbonyl (C=O) groups excluding carboxylic acids is 2. The molecule has 1 spiro atoms. The van der Waals surface area contributed by atoms with Gasteiger partial charge < -0.3 is 33.9 Å². The highest BCUT2D eigenvalue weighted by atomic mass is 16.7. The number of esters is 2. The van der Waals surface area contributed by atoms with Crippen LogP contribution in [0.2, 0.25) is 0 Å². The van der Waals surface area contributed by atoms with E-state index in [1.165, 1.54) is 7.11 Å². The Balaban J connectivity index is 1.53. The van der Waals surface area contributed by atoms with Crippen LogP contribution < -0.4 is 9.47 Å². The number of benzene rings is 1. The Morgan fingerprint density at radius 2 is 1.87 bits per heavy atom. The molecule has 10 nitrogen and oxygen atoms in total. The van der Waals surface area contributed by atoms with Crippen molar-refractivity contribution < 1.29 is 43.5 Å². The number of hydrogen-bond acceptors (Lipinski definition) is 10. The summed E-state index contributed by atoms with van der Waals surface area (Å²) in [7, 11) is 2.74. The van der Waals surface area contributed by atoms with E-state index in [0.29, 0.717) is 17.3 Å². The molecule has 1 aromatic rings. The Kier molecular flexibility index (Phi) is 6.86. The molecule has 4 aliphatic rings. The first-order valence-electron chi connectivity index (χ1n) is 13.2. The Morgan fingerprint density at radius 1 is 1.13 bits per heavy atom. The van der Waals surface area contributed by atoms with E-state index in [0.717, 1.165) is 43.5 Å². The van der Waals surface area contributed by atoms with Crippen LogP contribution in [0.25, 0.3) is 0 Å². The number of aliphatic hydroxyl groups is 2. The molecule has 0 bridgehead atoms. The van der Waals surface area contributed by atoms with E-state index in [-0.39, 0.29) is 25.6 Å². The van der Waals surface area contributed by atoms with E-state index in [9.17, 15) is 19.8 Å². The molecule has 10 heteroatoms. The zero-order valence-electron chi connectivity index (χ0n) is 22.5. The van der Waals surface area contributed by atoms with Crippen molar-refractivity contribution in [3.63, 3.8) is 0 Å². The normalized spacial score (nSPS) is 27.4. The largest absolute Gasteiger partial charge is 0.497 e. The van der Waals surface area contributed by atoms with Crippen LogP contribution in [0.4, 0.5) is 0 Å². The molecule has 1 saturated heterocycles. The molecule has 3 heterocycles. The zero-order valence-corrected chi connectivity index (χ0v) is 22.5. The smallest absolute Gasteiger partial charge is 0.339 e. The van der Waals surface area contributed by atoms with Gasteiger partial charge in [-0.15, -0.1) is 0 Å². The molecule has 0 saturated carbocycles. The fraction of sp³-hybridized carbons (Fsp3) is 0.643. The number of fused-ring (bicyclic) bond motifs is 3. The van der Waals surface area contributed by atoms with E-state index in [4.69, 9.17) is 23.7 Å². The maximum atomic E-state index is 13.7. The van der Waals surface area contributed by atoms with Gasteiger partial charge in [-0.05, 0) is 81.8 Å². The quantitative estimate of drug-likeness (QED) is 0.483. The molecule has 5 rings (SSSR count). The van der Waals surface area contributed by atoms with Gasteiger partial charge in [0.05, 0.1) is 37.7 Å². The summed E-state index contributed by atoms with van der Waals surface area (Å²) in [6.07, 6.45) is 3.18. The zero-order chi connectivity index (χ0) is 27.3. The molecule has 208 valence electrons. The second kappa shape index (κ2) is 9.73. The fourth-order valence-electron chi connectivity index (χ4n) is 6.41. The van der Waals surface area contributed by atoms with Crippen molar-refractivity contribution in [3.05, 3.63) is 35.1 Å². The number of nitrogens with zero attached hydrogens (tertiary/aromatic N) is 1. The van der Waals surface area contributed by atoms with E-state index < -0.39 is 41.2 Å². The molecule has 2 N–H and O–H groups in total. The Hall–Kier alpha value is -2.82. The van der Waals surface area contributed by atoms with Gasteiger partial charge in [0.25, 0.3) is 0 Å². The van der Waals surface area contributed by atoms with E-state index in [1.54, 1.807) is 21.0 Å². The summed E-state index contributed by atoms with van der Waals surface area (Å²) in [5.41, 5.74) is -1.69. The average Bonchev–Trinajstić information content (AvgIpc) is 3.56. The summed E-state index contributed by atoms with van der Waals surface area (Å²) in [5, 5.41) is 21.7. The first-order valence-corrected chi connectivity index (χ1v) is 13.2. The number of methoxy groups -OCH3 is 2. The summed E-state index contributed by atoms with van der Waals surface area (Å²) in [6.45, 7) is 5.04. The van der Waals surface area contributed by atoms with Gasteiger partial charge in [0.1, 0.15) is 5.76 Å². The molecule has 3 aliphatic heterocycles. The predicted octanol–water partition coefficient (Wildman–Crippen LogP) is 2.19. The standard InChI is InChI=1S/C28H37NO9/c1-26(2,32)8-9-28(33,15-22(30)35-4)25(31)38-24-21(34-3)14-27-7-5-10-29(27)11-6-17-12-19-20(37-16-36-19)13-18(17)23(24)27/h12-14,23-24,32-33H,5-11,15-16H2,1-4H3/t23-,24-,27-,28+/m0/s1. The van der Waals surface area contributed by atoms with Crippen LogP contribution in [0, 0.1) is 0 Å². The molecule has 0 amide bonds. The highest BCUT2D eigenvalue weighted by molar-refractivity contribution is 5.86. The van der Waals surface area contributed by atoms with E-state index >= 15 is 0 Å². The number of hydrogen-bond donors (Lipinski definition) is 2. The molecular weight excluding hydrogens is 494 g/mol. The number of rotatable bonds is 8. The maximum Gasteiger partial charge on any atom is 0.339 e. The van der Waals surface area contributed by atoms with Crippen molar-refractivity contribution in [2.24, 2.45) is 0 Å². The third-order valence-electron chi connectivity index (χ3n) is 8.39. The van der Waals surface area contributed by atoms with Gasteiger partial charge in [-0.25, -0.2) is 4.79 Å². The minimum Gasteiger partial charge on any atom is -0.497 e. The van der Waals surface area contributed by atoms with Crippen LogP contribution in [-0.4, -0.2) is 84.0 Å². The van der Waals surface area contributed by atoms with Crippen LogP contribution in [0.1, 0.15) is 63.0 Å². The summed E-state index contributed by atoms with van der Waals surface area (Å²) >= 11 is 0. The fourth-order valence-corrected chi connectivity index (χ4v) is 6.41. The third kappa shape index (κ3) is 4.63. The second-order valence-corrected chi connectivity index (χ2v) is 11.4. The molecule has 0 aromatic heterocycles. The van der Waals surface area contributed by atoms with Crippen molar-refractivity contribution in [1.29, 1.82) is 0 Å². The summed E-state index contributed by atoms with van der Waals surface area (Å²) in [6, 6.07) is 3.99. The van der Waals surface area contributed by atoms with Gasteiger partial charge in [0, 0.05) is 6.54 Å². The summed E-state index contributed by atoms with van der Waals surface area (Å²) < 4.78 is 28.0. The third-order valence-corrected chi connectivity index (χ3v) is 8.39. The first-order chi connectivity index (χ1) is 18.0. The highest BCUT2D eigenvalue weighted by Gasteiger charge is 2.59. The minimum absolute atomic E-state index is 0.0701. The SMILES string of the molecule is COC(=O)C[C@](O)(CCC(C)(C)O)C(=O)O[C@H]1C(OC)=C[C@]23CCCN2CCc2cc4c(cc2[C@@H]13)OCO4. The first kappa shape index (κ1) is 26.8. The number of ether oxygens (including phenoxy) is 5. The molecule has 4 atom stereocenters. The lowest BCUT2D eigenvalue weighted by atomic mass is 9.77. The summed E-state index contributed by atoms with van der Waals surface area (Å²) in [4.78, 5) is 28.3. The van der Waals surface area contributed by atoms with Crippen molar-refractivity contribution in [2.75, 3.05) is 34.1 Å². The highest BCUT2D eigenvalue weighted by Crippen LogP contribution is 2.55. The van der Waals surface area contributed by atoms with E-state index in [1.807, 2.05) is 12.1 Å². The van der Waals surface area contributed by atoms with Crippen LogP contribution >= 0.6 is 0 Å². The van der Waals surface area contributed by atoms with Gasteiger partial charge in [0.15, 0.2) is 23.2 Å². The van der Waals surface area contributed by atoms with Crippen molar-refractivity contribution in [1.82, 2.24) is 4.90 Å². The Bertz CT molecular complexity index is 1140. The molecular formula is C28H37NO9. The molecule has 1 aliphatic carbocycles. The van der Waals surface area contributed by atoms with E-state index in [2.05, 4.69) is 11.0 Å². The Morgan fingerprint density at radius 3 is 2.55 bits per heavy atom. The topological polar surface area (TPSA) is 124 Å². The van der Waals surface area contributed by atoms with Gasteiger partial charge >= 0.3 is 11.9 Å². The van der Waals surface area contributed by atoms with Gasteiger partial charge in [-0.2, -0.15) is 0 Å². The lowest BCUT2D eigenvalue weighted by Crippen LogP contribution is -2.49. The maximum absolute atomic E-state index is 13.7. The van der Waals surface area contributed by atoms with Crippen molar-refractivity contribution >= 4 is 11.9 Å². The van der Waals surface area contributed by atoms with Crippen LogP contribution in [0.15, 0.2) is 24.0 Å². The van der Waals surface area contributed by atoms with Gasteiger partial charge in [-0.3, -0.25) is 9.69 Å². The monoisotopic (exact) mass is 531 g/mol. The Labute approximate surface area is 222 Å². The minimum atomic E-state index is -2.18. The van der Waals surface area contributed by atoms with Crippen molar-refractivity contribution in [3.8, 4) is 11.5 Å². The molecule has 0 unspecified atom stereocenters. The molecule has 1 fully saturated rings. The van der Waals surface area contributed by atoms with Crippen LogP contribution in [-0.2, 0) is 30.2 Å². The van der Waals surface area contributed by atoms with Crippen LogP contribution in [0.3, 0.4) is 0 Å².